The number of nitrogens with zero attached hydrogens (tertiary/aromatic N) is 1. The van der Waals surface area contributed by atoms with Crippen molar-refractivity contribution in [1.82, 2.24) is 0 Å². The number of halogens is 2. The number of rotatable bonds is 3. The van der Waals surface area contributed by atoms with Crippen molar-refractivity contribution in [1.29, 1.82) is 5.26 Å². The molecular formula is C14H9BrClNO. The van der Waals surface area contributed by atoms with Crippen LogP contribution in [-0.2, 0) is 6.42 Å². The van der Waals surface area contributed by atoms with Crippen LogP contribution in [-0.4, -0.2) is 0 Å². The van der Waals surface area contributed by atoms with Gasteiger partial charge in [0.05, 0.1) is 17.5 Å². The molecule has 0 aliphatic rings. The monoisotopic (exact) mass is 321 g/mol. The lowest BCUT2D eigenvalue weighted by molar-refractivity contribution is 0.482. The summed E-state index contributed by atoms with van der Waals surface area (Å²) in [6, 6.07) is 14.9. The summed E-state index contributed by atoms with van der Waals surface area (Å²) in [6.07, 6.45) is 0.339. The van der Waals surface area contributed by atoms with Gasteiger partial charge in [0, 0.05) is 4.47 Å². The molecule has 90 valence electrons. The Labute approximate surface area is 119 Å². The third-order valence-corrected chi connectivity index (χ3v) is 3.11. The molecule has 0 unspecified atom stereocenters. The van der Waals surface area contributed by atoms with E-state index in [4.69, 9.17) is 21.6 Å². The quantitative estimate of drug-likeness (QED) is 0.800. The molecule has 0 aliphatic carbocycles. The molecule has 0 fully saturated rings. The van der Waals surface area contributed by atoms with Gasteiger partial charge in [-0.3, -0.25) is 0 Å². The lowest BCUT2D eigenvalue weighted by atomic mass is 10.1. The van der Waals surface area contributed by atoms with Crippen molar-refractivity contribution < 1.29 is 4.74 Å². The normalized spacial score (nSPS) is 9.83. The number of hydrogen-bond acceptors (Lipinski definition) is 2. The molecule has 0 N–H and O–H groups in total. The Morgan fingerprint density at radius 1 is 1.22 bits per heavy atom. The molecule has 0 aliphatic heterocycles. The molecule has 2 rings (SSSR count). The van der Waals surface area contributed by atoms with Crippen molar-refractivity contribution in [2.75, 3.05) is 0 Å². The van der Waals surface area contributed by atoms with Gasteiger partial charge in [0.15, 0.2) is 0 Å². The molecule has 0 atom stereocenters. The van der Waals surface area contributed by atoms with E-state index in [0.29, 0.717) is 22.9 Å². The first-order valence-corrected chi connectivity index (χ1v) is 6.45. The maximum atomic E-state index is 8.68. The molecule has 0 spiro atoms. The Balaban J connectivity index is 2.28. The Morgan fingerprint density at radius 2 is 2.06 bits per heavy atom. The van der Waals surface area contributed by atoms with E-state index in [9.17, 15) is 0 Å². The van der Waals surface area contributed by atoms with Crippen LogP contribution < -0.4 is 4.74 Å². The molecule has 0 saturated carbocycles. The van der Waals surface area contributed by atoms with Crippen molar-refractivity contribution in [3.63, 3.8) is 0 Å². The van der Waals surface area contributed by atoms with Gasteiger partial charge in [-0.15, -0.1) is 0 Å². The van der Waals surface area contributed by atoms with E-state index in [1.807, 2.05) is 30.3 Å². The van der Waals surface area contributed by atoms with Gasteiger partial charge in [-0.1, -0.05) is 39.7 Å². The Hall–Kier alpha value is -1.50. The van der Waals surface area contributed by atoms with Crippen LogP contribution in [0.25, 0.3) is 0 Å². The third kappa shape index (κ3) is 3.25. The van der Waals surface area contributed by atoms with E-state index in [-0.39, 0.29) is 0 Å². The summed E-state index contributed by atoms with van der Waals surface area (Å²) in [5, 5.41) is 9.20. The predicted molar refractivity (Wildman–Crippen MR) is 75.0 cm³/mol. The van der Waals surface area contributed by atoms with E-state index < -0.39 is 0 Å². The van der Waals surface area contributed by atoms with Crippen LogP contribution in [0, 0.1) is 11.3 Å². The van der Waals surface area contributed by atoms with Gasteiger partial charge < -0.3 is 4.74 Å². The predicted octanol–water partition coefficient (Wildman–Crippen LogP) is 4.96. The van der Waals surface area contributed by atoms with Crippen LogP contribution in [0.15, 0.2) is 46.9 Å². The molecule has 2 aromatic carbocycles. The first kappa shape index (κ1) is 12.9. The summed E-state index contributed by atoms with van der Waals surface area (Å²) < 4.78 is 6.64. The van der Waals surface area contributed by atoms with E-state index in [1.54, 1.807) is 12.1 Å². The minimum Gasteiger partial charge on any atom is -0.456 e. The minimum absolute atomic E-state index is 0.339. The average molecular weight is 323 g/mol. The van der Waals surface area contributed by atoms with Crippen LogP contribution in [0.5, 0.6) is 11.5 Å². The summed E-state index contributed by atoms with van der Waals surface area (Å²) in [4.78, 5) is 0. The molecule has 4 heteroatoms. The number of hydrogen-bond donors (Lipinski definition) is 0. The molecule has 2 nitrogen and oxygen atoms in total. The molecule has 0 amide bonds. The molecule has 2 aromatic rings. The van der Waals surface area contributed by atoms with Crippen LogP contribution >= 0.6 is 27.5 Å². The molecule has 0 saturated heterocycles. The van der Waals surface area contributed by atoms with Crippen LogP contribution in [0.2, 0.25) is 5.02 Å². The highest BCUT2D eigenvalue weighted by Crippen LogP contribution is 2.31. The fourth-order valence-electron chi connectivity index (χ4n) is 1.48. The van der Waals surface area contributed by atoms with Gasteiger partial charge in [-0.2, -0.15) is 5.26 Å². The van der Waals surface area contributed by atoms with Crippen LogP contribution in [0.1, 0.15) is 5.56 Å². The third-order valence-electron chi connectivity index (χ3n) is 2.30. The first-order chi connectivity index (χ1) is 8.69. The SMILES string of the molecule is N#CCc1ccc(Cl)c(Oc2cccc(Br)c2)c1. The zero-order valence-electron chi connectivity index (χ0n) is 9.36. The van der Waals surface area contributed by atoms with E-state index in [1.165, 1.54) is 0 Å². The van der Waals surface area contributed by atoms with Crippen molar-refractivity contribution >= 4 is 27.5 Å². The average Bonchev–Trinajstić information content (AvgIpc) is 2.34. The maximum absolute atomic E-state index is 8.68. The summed E-state index contributed by atoms with van der Waals surface area (Å²) in [5.74, 6) is 1.25. The second-order valence-electron chi connectivity index (χ2n) is 3.66. The van der Waals surface area contributed by atoms with Crippen molar-refractivity contribution in [2.24, 2.45) is 0 Å². The number of ether oxygens (including phenoxy) is 1. The van der Waals surface area contributed by atoms with Gasteiger partial charge in [0.25, 0.3) is 0 Å². The van der Waals surface area contributed by atoms with Crippen molar-refractivity contribution in [3.8, 4) is 17.6 Å². The van der Waals surface area contributed by atoms with Gasteiger partial charge in [0.1, 0.15) is 11.5 Å². The summed E-state index contributed by atoms with van der Waals surface area (Å²) in [5.41, 5.74) is 0.881. The van der Waals surface area contributed by atoms with Gasteiger partial charge in [-0.05, 0) is 35.9 Å². The minimum atomic E-state index is 0.339. The fourth-order valence-corrected chi connectivity index (χ4v) is 2.02. The zero-order chi connectivity index (χ0) is 13.0. The van der Waals surface area contributed by atoms with Gasteiger partial charge in [-0.25, -0.2) is 0 Å². The van der Waals surface area contributed by atoms with Crippen LogP contribution in [0.3, 0.4) is 0 Å². The first-order valence-electron chi connectivity index (χ1n) is 5.28. The Kier molecular flexibility index (Phi) is 4.24. The smallest absolute Gasteiger partial charge is 0.146 e. The standard InChI is InChI=1S/C14H9BrClNO/c15-11-2-1-3-12(9-11)18-14-8-10(6-7-17)4-5-13(14)16/h1-5,8-9H,6H2. The highest BCUT2D eigenvalue weighted by Gasteiger charge is 2.05. The van der Waals surface area contributed by atoms with Gasteiger partial charge >= 0.3 is 0 Å². The van der Waals surface area contributed by atoms with E-state index >= 15 is 0 Å². The number of nitriles is 1. The van der Waals surface area contributed by atoms with Gasteiger partial charge in [0.2, 0.25) is 0 Å². The summed E-state index contributed by atoms with van der Waals surface area (Å²) in [7, 11) is 0. The Bertz CT molecular complexity index is 607. The molecule has 0 heterocycles. The molecule has 0 bridgehead atoms. The lowest BCUT2D eigenvalue weighted by Crippen LogP contribution is -1.88. The highest BCUT2D eigenvalue weighted by atomic mass is 79.9. The fraction of sp³-hybridized carbons (Fsp3) is 0.0714. The van der Waals surface area contributed by atoms with E-state index in [2.05, 4.69) is 22.0 Å². The highest BCUT2D eigenvalue weighted by molar-refractivity contribution is 9.10. The van der Waals surface area contributed by atoms with Crippen molar-refractivity contribution in [2.45, 2.75) is 6.42 Å². The zero-order valence-corrected chi connectivity index (χ0v) is 11.7. The topological polar surface area (TPSA) is 33.0 Å². The van der Waals surface area contributed by atoms with Crippen molar-refractivity contribution in [3.05, 3.63) is 57.5 Å². The molecule has 0 aromatic heterocycles. The second-order valence-corrected chi connectivity index (χ2v) is 4.98. The second kappa shape index (κ2) is 5.90. The maximum Gasteiger partial charge on any atom is 0.146 e. The number of benzene rings is 2. The lowest BCUT2D eigenvalue weighted by Gasteiger charge is -2.09. The Morgan fingerprint density at radius 3 is 2.78 bits per heavy atom. The largest absolute Gasteiger partial charge is 0.456 e. The van der Waals surface area contributed by atoms with E-state index in [0.717, 1.165) is 10.0 Å². The summed E-state index contributed by atoms with van der Waals surface area (Å²) >= 11 is 9.44. The molecular weight excluding hydrogens is 314 g/mol. The van der Waals surface area contributed by atoms with Crippen LogP contribution in [0.4, 0.5) is 0 Å². The molecule has 18 heavy (non-hydrogen) atoms. The molecule has 0 radical (unpaired) electrons. The summed E-state index contributed by atoms with van der Waals surface area (Å²) in [6.45, 7) is 0.